The number of nitro groups is 1. The summed E-state index contributed by atoms with van der Waals surface area (Å²) in [6, 6.07) is 2.76. The second-order valence-electron chi connectivity index (χ2n) is 1.88. The molecule has 0 amide bonds. The lowest BCUT2D eigenvalue weighted by Gasteiger charge is -1.85. The van der Waals surface area contributed by atoms with Gasteiger partial charge in [-0.2, -0.15) is 5.26 Å². The molecule has 0 aromatic carbocycles. The number of thioether (sulfide) groups is 1. The summed E-state index contributed by atoms with van der Waals surface area (Å²) < 4.78 is 4.78. The standard InChI is InChI=1S/C6H4N2O3S/c7-4-12-3-5-1-2-6(11-5)8(9)10/h1-2H,3H2. The van der Waals surface area contributed by atoms with Crippen molar-refractivity contribution in [3.05, 3.63) is 28.0 Å². The first-order valence-corrected chi connectivity index (χ1v) is 3.96. The molecule has 0 atom stereocenters. The predicted octanol–water partition coefficient (Wildman–Crippen LogP) is 1.90. The van der Waals surface area contributed by atoms with Crippen molar-refractivity contribution in [1.82, 2.24) is 0 Å². The Balaban J connectivity index is 2.66. The van der Waals surface area contributed by atoms with Crippen molar-refractivity contribution in [3.63, 3.8) is 0 Å². The van der Waals surface area contributed by atoms with Crippen LogP contribution in [0.2, 0.25) is 0 Å². The molecule has 0 bridgehead atoms. The van der Waals surface area contributed by atoms with Crippen LogP contribution in [0.3, 0.4) is 0 Å². The molecule has 0 aliphatic rings. The van der Waals surface area contributed by atoms with Gasteiger partial charge in [-0.15, -0.1) is 0 Å². The number of hydrogen-bond donors (Lipinski definition) is 0. The molecule has 1 heterocycles. The van der Waals surface area contributed by atoms with Crippen LogP contribution in [0.5, 0.6) is 0 Å². The number of nitrogens with zero attached hydrogens (tertiary/aromatic N) is 2. The Morgan fingerprint density at radius 1 is 1.75 bits per heavy atom. The van der Waals surface area contributed by atoms with Crippen molar-refractivity contribution in [2.75, 3.05) is 0 Å². The van der Waals surface area contributed by atoms with Crippen LogP contribution < -0.4 is 0 Å². The molecule has 62 valence electrons. The van der Waals surface area contributed by atoms with E-state index in [4.69, 9.17) is 9.68 Å². The van der Waals surface area contributed by atoms with E-state index in [2.05, 4.69) is 0 Å². The van der Waals surface area contributed by atoms with Crippen molar-refractivity contribution in [3.8, 4) is 5.40 Å². The van der Waals surface area contributed by atoms with Gasteiger partial charge in [0.25, 0.3) is 0 Å². The maximum atomic E-state index is 10.1. The number of rotatable bonds is 3. The maximum Gasteiger partial charge on any atom is 0.433 e. The minimum atomic E-state index is -0.611. The minimum Gasteiger partial charge on any atom is -0.405 e. The smallest absolute Gasteiger partial charge is 0.405 e. The normalized spacial score (nSPS) is 9.25. The highest BCUT2D eigenvalue weighted by molar-refractivity contribution is 8.02. The van der Waals surface area contributed by atoms with Gasteiger partial charge in [0, 0.05) is 0 Å². The molecule has 0 aliphatic carbocycles. The summed E-state index contributed by atoms with van der Waals surface area (Å²) >= 11 is 0.975. The number of hydrogen-bond acceptors (Lipinski definition) is 5. The molecule has 0 unspecified atom stereocenters. The highest BCUT2D eigenvalue weighted by atomic mass is 32.2. The Morgan fingerprint density at radius 3 is 3.00 bits per heavy atom. The summed E-state index contributed by atoms with van der Waals surface area (Å²) in [5.41, 5.74) is 0. The monoisotopic (exact) mass is 184 g/mol. The molecule has 0 N–H and O–H groups in total. The average Bonchev–Trinajstić information content (AvgIpc) is 2.48. The van der Waals surface area contributed by atoms with Crippen LogP contribution in [0.15, 0.2) is 16.5 Å². The summed E-state index contributed by atoms with van der Waals surface area (Å²) in [6.07, 6.45) is 0. The second kappa shape index (κ2) is 3.78. The van der Waals surface area contributed by atoms with Crippen molar-refractivity contribution in [2.45, 2.75) is 5.75 Å². The molecule has 0 radical (unpaired) electrons. The first-order valence-electron chi connectivity index (χ1n) is 2.98. The van der Waals surface area contributed by atoms with Crippen LogP contribution in [-0.4, -0.2) is 4.92 Å². The first-order chi connectivity index (χ1) is 5.74. The summed E-state index contributed by atoms with van der Waals surface area (Å²) in [5.74, 6) is 0.487. The second-order valence-corrected chi connectivity index (χ2v) is 2.64. The Bertz CT molecular complexity index is 328. The van der Waals surface area contributed by atoms with Gasteiger partial charge in [-0.05, 0) is 17.8 Å². The van der Waals surface area contributed by atoms with Gasteiger partial charge in [0.05, 0.1) is 11.8 Å². The fraction of sp³-hybridized carbons (Fsp3) is 0.167. The molecule has 5 nitrogen and oxygen atoms in total. The molecule has 0 aliphatic heterocycles. The fourth-order valence-electron chi connectivity index (χ4n) is 0.646. The molecule has 0 saturated carbocycles. The SMILES string of the molecule is N#CSCc1ccc([N+](=O)[O-])o1. The highest BCUT2D eigenvalue weighted by Gasteiger charge is 2.10. The molecule has 6 heteroatoms. The summed E-state index contributed by atoms with van der Waals surface area (Å²) in [4.78, 5) is 9.52. The summed E-state index contributed by atoms with van der Waals surface area (Å²) in [5, 5.41) is 20.2. The van der Waals surface area contributed by atoms with Crippen LogP contribution in [-0.2, 0) is 5.75 Å². The molecule has 1 rings (SSSR count). The molecular formula is C6H4N2O3S. The lowest BCUT2D eigenvalue weighted by Crippen LogP contribution is -1.82. The van der Waals surface area contributed by atoms with Crippen LogP contribution >= 0.6 is 11.8 Å². The van der Waals surface area contributed by atoms with Crippen molar-refractivity contribution in [1.29, 1.82) is 5.26 Å². The van der Waals surface area contributed by atoms with Gasteiger partial charge < -0.3 is 4.42 Å². The van der Waals surface area contributed by atoms with Gasteiger partial charge >= 0.3 is 5.88 Å². The zero-order valence-electron chi connectivity index (χ0n) is 5.89. The van der Waals surface area contributed by atoms with Gasteiger partial charge in [0.2, 0.25) is 0 Å². The van der Waals surface area contributed by atoms with E-state index in [0.29, 0.717) is 11.5 Å². The number of furan rings is 1. The zero-order valence-corrected chi connectivity index (χ0v) is 6.71. The number of thiocyanates is 1. The van der Waals surface area contributed by atoms with E-state index in [1.54, 1.807) is 0 Å². The lowest BCUT2D eigenvalue weighted by atomic mass is 10.5. The minimum absolute atomic E-state index is 0.288. The molecule has 0 fully saturated rings. The molecule has 1 aromatic heterocycles. The average molecular weight is 184 g/mol. The van der Waals surface area contributed by atoms with Crippen LogP contribution in [0, 0.1) is 20.8 Å². The molecule has 12 heavy (non-hydrogen) atoms. The quantitative estimate of drug-likeness (QED) is 0.407. The number of nitriles is 1. The largest absolute Gasteiger partial charge is 0.433 e. The van der Waals surface area contributed by atoms with Gasteiger partial charge in [-0.3, -0.25) is 10.1 Å². The van der Waals surface area contributed by atoms with E-state index in [0.717, 1.165) is 11.8 Å². The van der Waals surface area contributed by atoms with Gasteiger partial charge in [-0.1, -0.05) is 0 Å². The van der Waals surface area contributed by atoms with Crippen LogP contribution in [0.25, 0.3) is 0 Å². The maximum absolute atomic E-state index is 10.1. The summed E-state index contributed by atoms with van der Waals surface area (Å²) in [7, 11) is 0. The van der Waals surface area contributed by atoms with E-state index in [1.165, 1.54) is 12.1 Å². The van der Waals surface area contributed by atoms with Gasteiger partial charge in [-0.25, -0.2) is 0 Å². The third-order valence-corrected chi connectivity index (χ3v) is 1.66. The van der Waals surface area contributed by atoms with Gasteiger partial charge in [0.1, 0.15) is 16.1 Å². The van der Waals surface area contributed by atoms with Crippen molar-refractivity contribution in [2.24, 2.45) is 0 Å². The van der Waals surface area contributed by atoms with Crippen molar-refractivity contribution < 1.29 is 9.34 Å². The zero-order chi connectivity index (χ0) is 8.97. The third-order valence-electron chi connectivity index (χ3n) is 1.11. The predicted molar refractivity (Wildman–Crippen MR) is 42.3 cm³/mol. The van der Waals surface area contributed by atoms with Crippen molar-refractivity contribution >= 4 is 17.6 Å². The topological polar surface area (TPSA) is 80.1 Å². The Hall–Kier alpha value is -1.48. The fourth-order valence-corrected chi connectivity index (χ4v) is 1.01. The Labute approximate surface area is 72.1 Å². The molecule has 1 aromatic rings. The Kier molecular flexibility index (Phi) is 2.71. The highest BCUT2D eigenvalue weighted by Crippen LogP contribution is 2.19. The summed E-state index contributed by atoms with van der Waals surface area (Å²) in [6.45, 7) is 0. The molecule has 0 saturated heterocycles. The van der Waals surface area contributed by atoms with Crippen LogP contribution in [0.4, 0.5) is 5.88 Å². The van der Waals surface area contributed by atoms with E-state index in [-0.39, 0.29) is 5.88 Å². The van der Waals surface area contributed by atoms with Crippen LogP contribution in [0.1, 0.15) is 5.76 Å². The van der Waals surface area contributed by atoms with E-state index < -0.39 is 4.92 Å². The molecule has 0 spiro atoms. The first kappa shape index (κ1) is 8.62. The molecular weight excluding hydrogens is 180 g/mol. The Morgan fingerprint density at radius 2 is 2.50 bits per heavy atom. The van der Waals surface area contributed by atoms with E-state index in [1.807, 2.05) is 5.40 Å². The van der Waals surface area contributed by atoms with Gasteiger partial charge in [0.15, 0.2) is 0 Å². The van der Waals surface area contributed by atoms with E-state index >= 15 is 0 Å². The van der Waals surface area contributed by atoms with E-state index in [9.17, 15) is 10.1 Å². The third kappa shape index (κ3) is 2.00. The lowest BCUT2D eigenvalue weighted by molar-refractivity contribution is -0.402.